The van der Waals surface area contributed by atoms with E-state index in [0.29, 0.717) is 0 Å². The van der Waals surface area contributed by atoms with Crippen LogP contribution in [0.1, 0.15) is 20.8 Å². The molecule has 0 spiro atoms. The van der Waals surface area contributed by atoms with Gasteiger partial charge in [0.2, 0.25) is 0 Å². The molecular formula is C11H16N2O5S. The van der Waals surface area contributed by atoms with Crippen LogP contribution < -0.4 is 5.32 Å². The molecule has 1 aromatic rings. The fourth-order valence-corrected chi connectivity index (χ4v) is 2.65. The first kappa shape index (κ1) is 15.4. The summed E-state index contributed by atoms with van der Waals surface area (Å²) >= 11 is 0. The lowest BCUT2D eigenvalue weighted by molar-refractivity contribution is -0.384. The minimum atomic E-state index is -4.03. The summed E-state index contributed by atoms with van der Waals surface area (Å²) in [6.07, 6.45) is 0. The number of nitro groups is 1. The quantitative estimate of drug-likeness (QED) is 0.517. The Morgan fingerprint density at radius 2 is 1.89 bits per heavy atom. The number of nitro benzene ring substituents is 1. The first-order chi connectivity index (χ1) is 8.57. The fraction of sp³-hybridized carbons (Fsp3) is 0.455. The Balaban J connectivity index is 3.30. The number of nitrogens with one attached hydrogen (secondary N) is 1. The van der Waals surface area contributed by atoms with Crippen LogP contribution in [0.4, 0.5) is 11.4 Å². The van der Waals surface area contributed by atoms with Gasteiger partial charge in [-0.05, 0) is 32.9 Å². The lowest BCUT2D eigenvalue weighted by atomic mass is 10.2. The topological polar surface area (TPSA) is 98.5 Å². The molecule has 1 aromatic carbocycles. The molecule has 0 saturated heterocycles. The molecule has 0 atom stereocenters. The van der Waals surface area contributed by atoms with Gasteiger partial charge in [0.25, 0.3) is 15.8 Å². The van der Waals surface area contributed by atoms with Crippen LogP contribution in [0.5, 0.6) is 0 Å². The van der Waals surface area contributed by atoms with Crippen LogP contribution in [-0.2, 0) is 14.3 Å². The maximum Gasteiger partial charge on any atom is 0.297 e. The summed E-state index contributed by atoms with van der Waals surface area (Å²) in [4.78, 5) is 9.98. The highest BCUT2D eigenvalue weighted by Crippen LogP contribution is 2.29. The third-order valence-corrected chi connectivity index (χ3v) is 3.63. The van der Waals surface area contributed by atoms with Gasteiger partial charge in [-0.1, -0.05) is 0 Å². The molecule has 0 radical (unpaired) electrons. The van der Waals surface area contributed by atoms with Crippen LogP contribution in [0, 0.1) is 10.1 Å². The molecule has 0 bridgehead atoms. The third-order valence-electron chi connectivity index (χ3n) is 2.08. The van der Waals surface area contributed by atoms with E-state index in [0.717, 1.165) is 6.07 Å². The van der Waals surface area contributed by atoms with Crippen molar-refractivity contribution >= 4 is 21.5 Å². The standard InChI is InChI=1S/C11H16N2O5S/c1-11(2,3)18-19(16,17)8-5-6-9(12-4)10(7-8)13(14)15/h5-7,12H,1-4H3. The minimum absolute atomic E-state index is 0.236. The Hall–Kier alpha value is -1.67. The van der Waals surface area contributed by atoms with E-state index in [2.05, 4.69) is 5.32 Å². The van der Waals surface area contributed by atoms with Gasteiger partial charge in [-0.15, -0.1) is 0 Å². The van der Waals surface area contributed by atoms with Crippen molar-refractivity contribution in [3.63, 3.8) is 0 Å². The molecule has 0 unspecified atom stereocenters. The van der Waals surface area contributed by atoms with Crippen molar-refractivity contribution in [3.8, 4) is 0 Å². The fourth-order valence-electron chi connectivity index (χ4n) is 1.41. The van der Waals surface area contributed by atoms with Crippen molar-refractivity contribution in [3.05, 3.63) is 28.3 Å². The van der Waals surface area contributed by atoms with E-state index in [1.165, 1.54) is 19.2 Å². The molecule has 7 nitrogen and oxygen atoms in total. The zero-order chi connectivity index (χ0) is 14.8. The molecule has 0 aliphatic carbocycles. The Kier molecular flexibility index (Phi) is 4.16. The van der Waals surface area contributed by atoms with Crippen molar-refractivity contribution in [1.82, 2.24) is 0 Å². The minimum Gasteiger partial charge on any atom is -0.383 e. The van der Waals surface area contributed by atoms with E-state index in [1.807, 2.05) is 0 Å². The van der Waals surface area contributed by atoms with Gasteiger partial charge in [0.05, 0.1) is 10.5 Å². The average molecular weight is 288 g/mol. The summed E-state index contributed by atoms with van der Waals surface area (Å²) < 4.78 is 28.9. The molecular weight excluding hydrogens is 272 g/mol. The van der Waals surface area contributed by atoms with E-state index in [4.69, 9.17) is 4.18 Å². The maximum absolute atomic E-state index is 12.0. The first-order valence-electron chi connectivity index (χ1n) is 5.49. The average Bonchev–Trinajstić information content (AvgIpc) is 2.24. The largest absolute Gasteiger partial charge is 0.383 e. The predicted octanol–water partition coefficient (Wildman–Crippen LogP) is 2.14. The lowest BCUT2D eigenvalue weighted by Gasteiger charge is -2.18. The Bertz CT molecular complexity index is 590. The first-order valence-corrected chi connectivity index (χ1v) is 6.89. The highest BCUT2D eigenvalue weighted by molar-refractivity contribution is 7.86. The highest BCUT2D eigenvalue weighted by Gasteiger charge is 2.26. The smallest absolute Gasteiger partial charge is 0.297 e. The maximum atomic E-state index is 12.0. The van der Waals surface area contributed by atoms with Crippen LogP contribution in [0.25, 0.3) is 0 Å². The molecule has 1 N–H and O–H groups in total. The van der Waals surface area contributed by atoms with E-state index in [9.17, 15) is 18.5 Å². The monoisotopic (exact) mass is 288 g/mol. The van der Waals surface area contributed by atoms with E-state index in [-0.39, 0.29) is 16.3 Å². The van der Waals surface area contributed by atoms with Crippen molar-refractivity contribution in [2.75, 3.05) is 12.4 Å². The second kappa shape index (κ2) is 5.14. The van der Waals surface area contributed by atoms with Gasteiger partial charge in [-0.2, -0.15) is 8.42 Å². The summed E-state index contributed by atoms with van der Waals surface area (Å²) in [5, 5.41) is 13.5. The second-order valence-electron chi connectivity index (χ2n) is 4.84. The lowest BCUT2D eigenvalue weighted by Crippen LogP contribution is -2.24. The van der Waals surface area contributed by atoms with E-state index in [1.54, 1.807) is 20.8 Å². The summed E-state index contributed by atoms with van der Waals surface area (Å²) in [5.41, 5.74) is -0.990. The van der Waals surface area contributed by atoms with Gasteiger partial charge in [0.1, 0.15) is 10.6 Å². The van der Waals surface area contributed by atoms with Gasteiger partial charge in [-0.25, -0.2) is 0 Å². The Labute approximate surface area is 111 Å². The SMILES string of the molecule is CNc1ccc(S(=O)(=O)OC(C)(C)C)cc1[N+](=O)[O-]. The summed E-state index contributed by atoms with van der Waals surface area (Å²) in [5.74, 6) is 0. The molecule has 0 heterocycles. The summed E-state index contributed by atoms with van der Waals surface area (Å²) in [7, 11) is -2.52. The number of nitrogens with zero attached hydrogens (tertiary/aromatic N) is 1. The predicted molar refractivity (Wildman–Crippen MR) is 70.7 cm³/mol. The van der Waals surface area contributed by atoms with Gasteiger partial charge in [-0.3, -0.25) is 14.3 Å². The molecule has 0 aliphatic heterocycles. The zero-order valence-electron chi connectivity index (χ0n) is 11.1. The van der Waals surface area contributed by atoms with Gasteiger partial charge in [0.15, 0.2) is 0 Å². The van der Waals surface area contributed by atoms with Crippen molar-refractivity contribution < 1.29 is 17.5 Å². The van der Waals surface area contributed by atoms with E-state index >= 15 is 0 Å². The third kappa shape index (κ3) is 3.90. The summed E-state index contributed by atoms with van der Waals surface area (Å²) in [6, 6.07) is 3.57. The van der Waals surface area contributed by atoms with Crippen molar-refractivity contribution in [2.24, 2.45) is 0 Å². The molecule has 0 amide bonds. The second-order valence-corrected chi connectivity index (χ2v) is 6.38. The number of anilines is 1. The Morgan fingerprint density at radius 1 is 1.32 bits per heavy atom. The molecule has 19 heavy (non-hydrogen) atoms. The van der Waals surface area contributed by atoms with Gasteiger partial charge in [0, 0.05) is 13.1 Å². The molecule has 0 aromatic heterocycles. The van der Waals surface area contributed by atoms with Gasteiger partial charge < -0.3 is 5.32 Å². The summed E-state index contributed by atoms with van der Waals surface area (Å²) in [6.45, 7) is 4.75. The molecule has 8 heteroatoms. The van der Waals surface area contributed by atoms with Crippen LogP contribution in [0.2, 0.25) is 0 Å². The number of benzene rings is 1. The van der Waals surface area contributed by atoms with Crippen LogP contribution >= 0.6 is 0 Å². The normalized spacial score (nSPS) is 12.2. The van der Waals surface area contributed by atoms with Crippen molar-refractivity contribution in [2.45, 2.75) is 31.3 Å². The molecule has 1 rings (SSSR count). The number of rotatable bonds is 4. The number of hydrogen-bond acceptors (Lipinski definition) is 6. The van der Waals surface area contributed by atoms with Gasteiger partial charge >= 0.3 is 0 Å². The Morgan fingerprint density at radius 3 is 2.32 bits per heavy atom. The number of hydrogen-bond donors (Lipinski definition) is 1. The van der Waals surface area contributed by atoms with Crippen LogP contribution in [-0.4, -0.2) is 26.0 Å². The molecule has 0 aliphatic rings. The zero-order valence-corrected chi connectivity index (χ0v) is 11.9. The van der Waals surface area contributed by atoms with Crippen LogP contribution in [0.15, 0.2) is 23.1 Å². The highest BCUT2D eigenvalue weighted by atomic mass is 32.2. The van der Waals surface area contributed by atoms with Crippen molar-refractivity contribution in [1.29, 1.82) is 0 Å². The van der Waals surface area contributed by atoms with Crippen LogP contribution in [0.3, 0.4) is 0 Å². The molecule has 0 saturated carbocycles. The molecule has 106 valence electrons. The molecule has 0 fully saturated rings. The van der Waals surface area contributed by atoms with E-state index < -0.39 is 20.6 Å².